The van der Waals surface area contributed by atoms with Crippen LogP contribution < -0.4 is 10.0 Å². The number of rotatable bonds is 7. The first-order valence-electron chi connectivity index (χ1n) is 10.9. The molecule has 2 aromatic carbocycles. The van der Waals surface area contributed by atoms with Gasteiger partial charge in [-0.3, -0.25) is 9.48 Å². The van der Waals surface area contributed by atoms with Gasteiger partial charge in [0, 0.05) is 22.9 Å². The minimum atomic E-state index is -3.59. The molecular formula is C24H28N4O3S. The molecule has 1 aromatic heterocycles. The summed E-state index contributed by atoms with van der Waals surface area (Å²) in [6.45, 7) is 4.23. The Morgan fingerprint density at radius 3 is 2.53 bits per heavy atom. The molecule has 8 heteroatoms. The molecule has 1 unspecified atom stereocenters. The highest BCUT2D eigenvalue weighted by Gasteiger charge is 2.26. The molecule has 7 nitrogen and oxygen atoms in total. The third kappa shape index (κ3) is 4.92. The van der Waals surface area contributed by atoms with Gasteiger partial charge in [-0.2, -0.15) is 5.10 Å². The number of hydrogen-bond donors (Lipinski definition) is 2. The van der Waals surface area contributed by atoms with E-state index in [9.17, 15) is 13.2 Å². The minimum absolute atomic E-state index is 0.109. The number of benzene rings is 2. The highest BCUT2D eigenvalue weighted by Crippen LogP contribution is 2.30. The monoisotopic (exact) mass is 452 g/mol. The summed E-state index contributed by atoms with van der Waals surface area (Å²) in [4.78, 5) is 13.0. The molecule has 1 aliphatic carbocycles. The van der Waals surface area contributed by atoms with E-state index in [-0.39, 0.29) is 22.9 Å². The van der Waals surface area contributed by atoms with Crippen LogP contribution in [-0.4, -0.2) is 30.1 Å². The zero-order chi connectivity index (χ0) is 22.7. The molecule has 1 atom stereocenters. The molecule has 0 spiro atoms. The lowest BCUT2D eigenvalue weighted by atomic mass is 9.92. The number of amides is 1. The maximum absolute atomic E-state index is 12.9. The predicted octanol–water partition coefficient (Wildman–Crippen LogP) is 3.43. The third-order valence-corrected chi connectivity index (χ3v) is 7.24. The Morgan fingerprint density at radius 1 is 1.12 bits per heavy atom. The minimum Gasteiger partial charge on any atom is -0.345 e. The van der Waals surface area contributed by atoms with Crippen molar-refractivity contribution in [1.29, 1.82) is 0 Å². The Labute approximate surface area is 188 Å². The summed E-state index contributed by atoms with van der Waals surface area (Å²) in [7, 11) is -3.59. The normalized spacial score (nSPS) is 16.0. The van der Waals surface area contributed by atoms with Gasteiger partial charge in [-0.05, 0) is 62.9 Å². The lowest BCUT2D eigenvalue weighted by Gasteiger charge is -2.24. The van der Waals surface area contributed by atoms with Gasteiger partial charge in [-0.25, -0.2) is 13.1 Å². The number of nitrogens with one attached hydrogen (secondary N) is 2. The van der Waals surface area contributed by atoms with E-state index in [0.717, 1.165) is 30.5 Å². The van der Waals surface area contributed by atoms with Crippen LogP contribution in [0, 0.1) is 0 Å². The number of carbonyl (C=O) groups excluding carboxylic acids is 1. The van der Waals surface area contributed by atoms with Crippen molar-refractivity contribution >= 4 is 15.9 Å². The van der Waals surface area contributed by atoms with Gasteiger partial charge in [0.1, 0.15) is 0 Å². The second-order valence-corrected chi connectivity index (χ2v) is 10.1. The third-order valence-electron chi connectivity index (χ3n) is 5.56. The number of hydrogen-bond acceptors (Lipinski definition) is 4. The molecule has 1 amide bonds. The standard InChI is InChI=1S/C24H28N4O3S/c1-17(2)27-32(30,31)20-13-11-19(12-14-20)24(29)26-22-9-6-10-23-21(22)15-25-28(23)16-18-7-4-3-5-8-18/h3-5,7-8,11-15,17,22,27H,6,9-10,16H2,1-2H3,(H,26,29). The number of sulfonamides is 1. The molecule has 168 valence electrons. The van der Waals surface area contributed by atoms with E-state index in [0.29, 0.717) is 12.1 Å². The molecule has 3 aromatic rings. The van der Waals surface area contributed by atoms with Crippen LogP contribution >= 0.6 is 0 Å². The Balaban J connectivity index is 1.47. The highest BCUT2D eigenvalue weighted by molar-refractivity contribution is 7.89. The van der Waals surface area contributed by atoms with Crippen LogP contribution in [0.1, 0.15) is 59.9 Å². The van der Waals surface area contributed by atoms with Gasteiger partial charge in [0.2, 0.25) is 10.0 Å². The van der Waals surface area contributed by atoms with E-state index in [2.05, 4.69) is 27.3 Å². The van der Waals surface area contributed by atoms with Crippen molar-refractivity contribution in [2.75, 3.05) is 0 Å². The van der Waals surface area contributed by atoms with Gasteiger partial charge >= 0.3 is 0 Å². The Bertz CT molecular complexity index is 1190. The van der Waals surface area contributed by atoms with E-state index >= 15 is 0 Å². The largest absolute Gasteiger partial charge is 0.345 e. The highest BCUT2D eigenvalue weighted by atomic mass is 32.2. The summed E-state index contributed by atoms with van der Waals surface area (Å²) in [6.07, 6.45) is 4.61. The van der Waals surface area contributed by atoms with Crippen LogP contribution in [0.3, 0.4) is 0 Å². The zero-order valence-electron chi connectivity index (χ0n) is 18.3. The molecule has 0 saturated heterocycles. The molecule has 32 heavy (non-hydrogen) atoms. The first kappa shape index (κ1) is 22.2. The van der Waals surface area contributed by atoms with Gasteiger partial charge in [0.15, 0.2) is 0 Å². The van der Waals surface area contributed by atoms with Gasteiger partial charge in [0.25, 0.3) is 5.91 Å². The van der Waals surface area contributed by atoms with Gasteiger partial charge in [-0.15, -0.1) is 0 Å². The molecule has 0 bridgehead atoms. The number of fused-ring (bicyclic) bond motifs is 1. The first-order valence-corrected chi connectivity index (χ1v) is 12.3. The summed E-state index contributed by atoms with van der Waals surface area (Å²) in [5, 5.41) is 7.68. The molecule has 4 rings (SSSR count). The van der Waals surface area contributed by atoms with Crippen LogP contribution in [0.15, 0.2) is 65.7 Å². The van der Waals surface area contributed by atoms with Gasteiger partial charge in [0.05, 0.1) is 23.7 Å². The van der Waals surface area contributed by atoms with Crippen molar-refractivity contribution in [2.45, 2.75) is 56.6 Å². The van der Waals surface area contributed by atoms with E-state index in [4.69, 9.17) is 0 Å². The fourth-order valence-corrected chi connectivity index (χ4v) is 5.32. The van der Waals surface area contributed by atoms with Crippen LogP contribution in [-0.2, 0) is 23.0 Å². The lowest BCUT2D eigenvalue weighted by molar-refractivity contribution is 0.0932. The van der Waals surface area contributed by atoms with E-state index < -0.39 is 10.0 Å². The second kappa shape index (κ2) is 9.26. The van der Waals surface area contributed by atoms with Gasteiger partial charge < -0.3 is 5.32 Å². The maximum atomic E-state index is 12.9. The molecule has 0 saturated carbocycles. The smallest absolute Gasteiger partial charge is 0.251 e. The summed E-state index contributed by atoms with van der Waals surface area (Å²) >= 11 is 0. The average Bonchev–Trinajstić information content (AvgIpc) is 3.17. The Morgan fingerprint density at radius 2 is 1.84 bits per heavy atom. The predicted molar refractivity (Wildman–Crippen MR) is 123 cm³/mol. The van der Waals surface area contributed by atoms with Crippen molar-refractivity contribution in [3.8, 4) is 0 Å². The molecular weight excluding hydrogens is 424 g/mol. The molecule has 2 N–H and O–H groups in total. The van der Waals surface area contributed by atoms with Crippen LogP contribution in [0.5, 0.6) is 0 Å². The fourth-order valence-electron chi connectivity index (χ4n) is 4.07. The number of nitrogens with zero attached hydrogens (tertiary/aromatic N) is 2. The Kier molecular flexibility index (Phi) is 6.43. The summed E-state index contributed by atoms with van der Waals surface area (Å²) in [6, 6.07) is 15.9. The summed E-state index contributed by atoms with van der Waals surface area (Å²) in [5.41, 5.74) is 3.83. The lowest BCUT2D eigenvalue weighted by Crippen LogP contribution is -2.31. The average molecular weight is 453 g/mol. The molecule has 0 aliphatic heterocycles. The zero-order valence-corrected chi connectivity index (χ0v) is 19.1. The van der Waals surface area contributed by atoms with Crippen LogP contribution in [0.25, 0.3) is 0 Å². The van der Waals surface area contributed by atoms with Crippen LogP contribution in [0.4, 0.5) is 0 Å². The van der Waals surface area contributed by atoms with Crippen LogP contribution in [0.2, 0.25) is 0 Å². The molecule has 1 aliphatic rings. The number of carbonyl (C=O) groups is 1. The molecule has 0 fully saturated rings. The van der Waals surface area contributed by atoms with Gasteiger partial charge in [-0.1, -0.05) is 30.3 Å². The molecule has 1 heterocycles. The topological polar surface area (TPSA) is 93.1 Å². The Hall–Kier alpha value is -2.97. The summed E-state index contributed by atoms with van der Waals surface area (Å²) < 4.78 is 29.1. The molecule has 0 radical (unpaired) electrons. The van der Waals surface area contributed by atoms with Crippen molar-refractivity contribution in [3.05, 3.63) is 83.2 Å². The van der Waals surface area contributed by atoms with E-state index in [1.165, 1.54) is 17.7 Å². The van der Waals surface area contributed by atoms with Crippen molar-refractivity contribution in [2.24, 2.45) is 0 Å². The van der Waals surface area contributed by atoms with E-state index in [1.54, 1.807) is 26.0 Å². The second-order valence-electron chi connectivity index (χ2n) is 8.41. The maximum Gasteiger partial charge on any atom is 0.251 e. The van der Waals surface area contributed by atoms with Crippen molar-refractivity contribution in [1.82, 2.24) is 19.8 Å². The first-order chi connectivity index (χ1) is 15.3. The van der Waals surface area contributed by atoms with Crippen molar-refractivity contribution < 1.29 is 13.2 Å². The number of aromatic nitrogens is 2. The van der Waals surface area contributed by atoms with Crippen molar-refractivity contribution in [3.63, 3.8) is 0 Å². The fraction of sp³-hybridized carbons (Fsp3) is 0.333. The SMILES string of the molecule is CC(C)NS(=O)(=O)c1ccc(C(=O)NC2CCCc3c2cnn3Cc2ccccc2)cc1. The quantitative estimate of drug-likeness (QED) is 0.574. The van der Waals surface area contributed by atoms with E-state index in [1.807, 2.05) is 29.1 Å². The summed E-state index contributed by atoms with van der Waals surface area (Å²) in [5.74, 6) is -0.223.